The van der Waals surface area contributed by atoms with Crippen LogP contribution in [0, 0.1) is 0 Å². The lowest BCUT2D eigenvalue weighted by Crippen LogP contribution is -2.30. The van der Waals surface area contributed by atoms with Crippen LogP contribution in [-0.4, -0.2) is 5.11 Å². The lowest BCUT2D eigenvalue weighted by molar-refractivity contribution is 0.734. The molecule has 1 atom stereocenters. The molecule has 0 saturated heterocycles. The van der Waals surface area contributed by atoms with Gasteiger partial charge in [0, 0.05) is 4.88 Å². The molecule has 0 aliphatic heterocycles. The van der Waals surface area contributed by atoms with Gasteiger partial charge in [-0.05, 0) is 31.3 Å². The van der Waals surface area contributed by atoms with Crippen LogP contribution in [0.2, 0.25) is 4.34 Å². The highest BCUT2D eigenvalue weighted by molar-refractivity contribution is 7.80. The first-order valence-corrected chi connectivity index (χ1v) is 5.01. The second-order valence-electron chi connectivity index (χ2n) is 2.37. The first-order valence-electron chi connectivity index (χ1n) is 3.41. The van der Waals surface area contributed by atoms with E-state index >= 15 is 0 Å². The fourth-order valence-electron chi connectivity index (χ4n) is 0.846. The Morgan fingerprint density at radius 2 is 2.42 bits per heavy atom. The monoisotopic (exact) mass is 220 g/mol. The molecule has 0 aliphatic rings. The normalized spacial score (nSPS) is 12.5. The fraction of sp³-hybridized carbons (Fsp3) is 0.286. The summed E-state index contributed by atoms with van der Waals surface area (Å²) in [4.78, 5) is 1.13. The van der Waals surface area contributed by atoms with E-state index in [0.717, 1.165) is 9.21 Å². The molecule has 1 aromatic heterocycles. The maximum Gasteiger partial charge on any atom is 0.164 e. The van der Waals surface area contributed by atoms with E-state index in [1.165, 1.54) is 11.3 Å². The number of nitrogens with one attached hydrogen (secondary N) is 1. The molecule has 2 nitrogen and oxygen atoms in total. The van der Waals surface area contributed by atoms with Gasteiger partial charge in [-0.2, -0.15) is 0 Å². The standard InChI is InChI=1S/C7H9ClN2S2/c1-4(10-7(9)11)5-2-3-6(8)12-5/h2-4H,1H3,(H3,9,10,11). The predicted molar refractivity (Wildman–Crippen MR) is 57.7 cm³/mol. The van der Waals surface area contributed by atoms with Crippen molar-refractivity contribution >= 4 is 40.3 Å². The highest BCUT2D eigenvalue weighted by Crippen LogP contribution is 2.26. The van der Waals surface area contributed by atoms with E-state index in [4.69, 9.17) is 29.6 Å². The van der Waals surface area contributed by atoms with Crippen molar-refractivity contribution in [2.24, 2.45) is 5.73 Å². The molecule has 66 valence electrons. The summed E-state index contributed by atoms with van der Waals surface area (Å²) in [5.41, 5.74) is 5.33. The van der Waals surface area contributed by atoms with Gasteiger partial charge in [-0.25, -0.2) is 0 Å². The Hall–Kier alpha value is -0.320. The van der Waals surface area contributed by atoms with E-state index in [0.29, 0.717) is 5.11 Å². The van der Waals surface area contributed by atoms with Gasteiger partial charge >= 0.3 is 0 Å². The van der Waals surface area contributed by atoms with Gasteiger partial charge in [0.15, 0.2) is 5.11 Å². The minimum absolute atomic E-state index is 0.139. The number of thiocarbonyl (C=S) groups is 1. The van der Waals surface area contributed by atoms with Crippen molar-refractivity contribution in [2.75, 3.05) is 0 Å². The van der Waals surface area contributed by atoms with E-state index in [-0.39, 0.29) is 6.04 Å². The first kappa shape index (κ1) is 9.77. The summed E-state index contributed by atoms with van der Waals surface area (Å²) in [5.74, 6) is 0. The molecule has 1 aromatic rings. The SMILES string of the molecule is CC(NC(N)=S)c1ccc(Cl)s1. The van der Waals surface area contributed by atoms with Crippen LogP contribution in [-0.2, 0) is 0 Å². The van der Waals surface area contributed by atoms with E-state index in [1.807, 2.05) is 19.1 Å². The molecule has 3 N–H and O–H groups in total. The van der Waals surface area contributed by atoms with Crippen molar-refractivity contribution in [1.29, 1.82) is 0 Å². The highest BCUT2D eigenvalue weighted by Gasteiger charge is 2.07. The highest BCUT2D eigenvalue weighted by atomic mass is 35.5. The van der Waals surface area contributed by atoms with Crippen LogP contribution in [0.5, 0.6) is 0 Å². The maximum atomic E-state index is 5.77. The molecular formula is C7H9ClN2S2. The van der Waals surface area contributed by atoms with Gasteiger partial charge in [-0.3, -0.25) is 0 Å². The van der Waals surface area contributed by atoms with Gasteiger partial charge in [-0.1, -0.05) is 11.6 Å². The van der Waals surface area contributed by atoms with Crippen molar-refractivity contribution in [1.82, 2.24) is 5.32 Å². The summed E-state index contributed by atoms with van der Waals surface area (Å²) in [7, 11) is 0. The van der Waals surface area contributed by atoms with Gasteiger partial charge in [-0.15, -0.1) is 11.3 Å². The molecule has 0 aromatic carbocycles. The molecule has 1 unspecified atom stereocenters. The number of nitrogens with two attached hydrogens (primary N) is 1. The third-order valence-corrected chi connectivity index (χ3v) is 2.91. The number of rotatable bonds is 2. The Kier molecular flexibility index (Phi) is 3.31. The Balaban J connectivity index is 2.64. The Labute approximate surface area is 85.7 Å². The molecule has 0 spiro atoms. The van der Waals surface area contributed by atoms with Gasteiger partial charge in [0.2, 0.25) is 0 Å². The van der Waals surface area contributed by atoms with Crippen molar-refractivity contribution in [3.8, 4) is 0 Å². The summed E-state index contributed by atoms with van der Waals surface area (Å²) < 4.78 is 0.779. The largest absolute Gasteiger partial charge is 0.376 e. The van der Waals surface area contributed by atoms with Crippen LogP contribution in [0.25, 0.3) is 0 Å². The second-order valence-corrected chi connectivity index (χ2v) is 4.56. The Bertz CT molecular complexity index is 285. The average molecular weight is 221 g/mol. The number of hydrogen-bond acceptors (Lipinski definition) is 2. The van der Waals surface area contributed by atoms with Crippen LogP contribution in [0.3, 0.4) is 0 Å². The molecule has 0 radical (unpaired) electrons. The molecule has 1 rings (SSSR count). The smallest absolute Gasteiger partial charge is 0.164 e. The quantitative estimate of drug-likeness (QED) is 0.752. The minimum Gasteiger partial charge on any atom is -0.376 e. The number of thiophene rings is 1. The summed E-state index contributed by atoms with van der Waals surface area (Å²) >= 11 is 12.0. The minimum atomic E-state index is 0.139. The van der Waals surface area contributed by atoms with Crippen LogP contribution in [0.1, 0.15) is 17.8 Å². The van der Waals surface area contributed by atoms with Crippen LogP contribution >= 0.6 is 35.2 Å². The van der Waals surface area contributed by atoms with E-state index < -0.39 is 0 Å². The van der Waals surface area contributed by atoms with E-state index in [1.54, 1.807) is 0 Å². The zero-order valence-electron chi connectivity index (χ0n) is 6.50. The van der Waals surface area contributed by atoms with Crippen molar-refractivity contribution < 1.29 is 0 Å². The Morgan fingerprint density at radius 1 is 1.75 bits per heavy atom. The summed E-state index contributed by atoms with van der Waals surface area (Å²) in [6.07, 6.45) is 0. The summed E-state index contributed by atoms with van der Waals surface area (Å²) in [6, 6.07) is 3.96. The molecule has 0 amide bonds. The molecular weight excluding hydrogens is 212 g/mol. The zero-order chi connectivity index (χ0) is 9.14. The Morgan fingerprint density at radius 3 is 2.83 bits per heavy atom. The van der Waals surface area contributed by atoms with E-state index in [2.05, 4.69) is 5.32 Å². The summed E-state index contributed by atoms with van der Waals surface area (Å²) in [5, 5.41) is 3.25. The molecule has 1 heterocycles. The predicted octanol–water partition coefficient (Wildman–Crippen LogP) is 2.30. The number of hydrogen-bond donors (Lipinski definition) is 2. The average Bonchev–Trinajstić information content (AvgIpc) is 2.34. The molecule has 0 aliphatic carbocycles. The molecule has 0 saturated carbocycles. The van der Waals surface area contributed by atoms with Crippen LogP contribution < -0.4 is 11.1 Å². The zero-order valence-corrected chi connectivity index (χ0v) is 8.89. The lowest BCUT2D eigenvalue weighted by Gasteiger charge is -2.10. The molecule has 12 heavy (non-hydrogen) atoms. The summed E-state index contributed by atoms with van der Waals surface area (Å²) in [6.45, 7) is 1.99. The fourth-order valence-corrected chi connectivity index (χ4v) is 2.09. The van der Waals surface area contributed by atoms with Crippen LogP contribution in [0.4, 0.5) is 0 Å². The molecule has 5 heteroatoms. The number of halogens is 1. The maximum absolute atomic E-state index is 5.77. The van der Waals surface area contributed by atoms with Crippen LogP contribution in [0.15, 0.2) is 12.1 Å². The van der Waals surface area contributed by atoms with Gasteiger partial charge in [0.1, 0.15) is 0 Å². The topological polar surface area (TPSA) is 38.0 Å². The van der Waals surface area contributed by atoms with Crippen molar-refractivity contribution in [3.05, 3.63) is 21.3 Å². The second kappa shape index (κ2) is 4.07. The van der Waals surface area contributed by atoms with Crippen molar-refractivity contribution in [3.63, 3.8) is 0 Å². The van der Waals surface area contributed by atoms with Crippen molar-refractivity contribution in [2.45, 2.75) is 13.0 Å². The molecule has 0 bridgehead atoms. The molecule has 0 fully saturated rings. The van der Waals surface area contributed by atoms with E-state index in [9.17, 15) is 0 Å². The van der Waals surface area contributed by atoms with Gasteiger partial charge in [0.25, 0.3) is 0 Å². The third kappa shape index (κ3) is 2.62. The first-order chi connectivity index (χ1) is 5.59. The lowest BCUT2D eigenvalue weighted by atomic mass is 10.3. The van der Waals surface area contributed by atoms with Gasteiger partial charge < -0.3 is 11.1 Å². The van der Waals surface area contributed by atoms with Gasteiger partial charge in [0.05, 0.1) is 10.4 Å². The third-order valence-electron chi connectivity index (χ3n) is 1.38.